The van der Waals surface area contributed by atoms with Gasteiger partial charge in [-0.2, -0.15) is 0 Å². The van der Waals surface area contributed by atoms with E-state index in [9.17, 15) is 9.59 Å². The lowest BCUT2D eigenvalue weighted by Gasteiger charge is -2.63. The topological polar surface area (TPSA) is 146 Å². The number of carbonyl (C=O) groups is 2. The van der Waals surface area contributed by atoms with Crippen molar-refractivity contribution >= 4 is 61.5 Å². The number of rotatable bonds is 2. The summed E-state index contributed by atoms with van der Waals surface area (Å²) in [5.41, 5.74) is 6.76. The van der Waals surface area contributed by atoms with Gasteiger partial charge in [0.1, 0.15) is 5.54 Å². The third-order valence-electron chi connectivity index (χ3n) is 8.43. The van der Waals surface area contributed by atoms with Crippen LogP contribution < -0.4 is 11.1 Å². The summed E-state index contributed by atoms with van der Waals surface area (Å²) in [6, 6.07) is 13.6. The summed E-state index contributed by atoms with van der Waals surface area (Å²) in [5.74, 6) is -1.97. The molecular weight excluding hydrogens is 536 g/mol. The molecule has 1 saturated carbocycles. The van der Waals surface area contributed by atoms with Crippen LogP contribution >= 0.6 is 15.9 Å². The quantitative estimate of drug-likeness (QED) is 0.257. The molecule has 2 aromatic heterocycles. The Morgan fingerprint density at radius 1 is 1.00 bits per heavy atom. The van der Waals surface area contributed by atoms with E-state index >= 15 is 0 Å². The second-order valence-corrected chi connectivity index (χ2v) is 10.9. The Labute approximate surface area is 219 Å². The molecule has 1 aliphatic carbocycles. The molecule has 3 aliphatic rings. The Morgan fingerprint density at radius 3 is 2.27 bits per heavy atom. The molecule has 4 heterocycles. The van der Waals surface area contributed by atoms with Gasteiger partial charge in [0.2, 0.25) is 5.96 Å². The van der Waals surface area contributed by atoms with Gasteiger partial charge in [0.15, 0.2) is 11.5 Å². The number of amides is 2. The van der Waals surface area contributed by atoms with Crippen LogP contribution in [0.25, 0.3) is 21.8 Å². The number of benzene rings is 2. The molecule has 2 amide bonds. The second-order valence-electron chi connectivity index (χ2n) is 9.94. The number of likely N-dealkylation sites (N-methyl/N-ethyl adjacent to an activating group) is 2. The maximum absolute atomic E-state index is 14.3. The van der Waals surface area contributed by atoms with Crippen molar-refractivity contribution < 1.29 is 9.59 Å². The minimum atomic E-state index is -1.40. The molecular formula is C26H23BrN8O2. The van der Waals surface area contributed by atoms with Crippen LogP contribution in [0.5, 0.6) is 0 Å². The van der Waals surface area contributed by atoms with Crippen molar-refractivity contribution in [3.63, 3.8) is 0 Å². The van der Waals surface area contributed by atoms with E-state index in [2.05, 4.69) is 31.2 Å². The number of aromatic amines is 2. The maximum Gasteiger partial charge on any atom is 0.256 e. The molecule has 4 atom stereocenters. The fourth-order valence-electron chi connectivity index (χ4n) is 6.98. The summed E-state index contributed by atoms with van der Waals surface area (Å²) in [6.45, 7) is 0. The molecule has 1 saturated heterocycles. The lowest BCUT2D eigenvalue weighted by atomic mass is 9.42. The molecule has 2 spiro atoms. The number of H-pyrrole nitrogens is 2. The number of fused-ring (bicyclic) bond motifs is 2. The van der Waals surface area contributed by atoms with Gasteiger partial charge in [-0.3, -0.25) is 25.2 Å². The van der Waals surface area contributed by atoms with Crippen LogP contribution in [0.15, 0.2) is 64.3 Å². The van der Waals surface area contributed by atoms with Crippen LogP contribution in [0.2, 0.25) is 0 Å². The minimum Gasteiger partial charge on any atom is -0.370 e. The first-order valence-electron chi connectivity index (χ1n) is 11.8. The zero-order valence-electron chi connectivity index (χ0n) is 20.0. The average Bonchev–Trinajstić information content (AvgIpc) is 3.59. The highest BCUT2D eigenvalue weighted by molar-refractivity contribution is 9.10. The Morgan fingerprint density at radius 2 is 1.65 bits per heavy atom. The summed E-state index contributed by atoms with van der Waals surface area (Å²) in [5, 5.41) is 13.3. The second kappa shape index (κ2) is 7.00. The first-order chi connectivity index (χ1) is 17.7. The molecule has 2 aromatic carbocycles. The summed E-state index contributed by atoms with van der Waals surface area (Å²) >= 11 is 3.52. The van der Waals surface area contributed by atoms with E-state index in [0.29, 0.717) is 0 Å². The van der Waals surface area contributed by atoms with Crippen LogP contribution in [0, 0.1) is 5.41 Å². The first-order valence-corrected chi connectivity index (χ1v) is 12.6. The van der Waals surface area contributed by atoms with Crippen molar-refractivity contribution in [2.75, 3.05) is 14.1 Å². The van der Waals surface area contributed by atoms with Gasteiger partial charge in [-0.15, -0.1) is 0 Å². The van der Waals surface area contributed by atoms with Gasteiger partial charge in [-0.25, -0.2) is 4.99 Å². The Balaban J connectivity index is 1.59. The summed E-state index contributed by atoms with van der Waals surface area (Å²) in [6.07, 6.45) is 3.69. The number of aromatic nitrogens is 2. The van der Waals surface area contributed by atoms with Crippen molar-refractivity contribution in [1.29, 1.82) is 5.41 Å². The first kappa shape index (κ1) is 22.1. The molecule has 2 fully saturated rings. The molecule has 0 radical (unpaired) electrons. The standard InChI is InChI=1S/C26H23BrN8O2/c1-34-22(37)26(35(2)24(34)29)19(15-10-30-17-6-4-3-5-13(15)17)25(21(36)32-23(28)33-25)20(26)16-11-31-18-9-12(27)7-8-14(16)18/h3-11,19-20,29-31H,1-2H3,(H3,28,32,33,36). The number of hydrogen-bond donors (Lipinski definition) is 5. The Hall–Kier alpha value is -4.12. The van der Waals surface area contributed by atoms with Gasteiger partial charge in [0, 0.05) is 52.8 Å². The number of para-hydroxylation sites is 1. The highest BCUT2D eigenvalue weighted by atomic mass is 79.9. The molecule has 186 valence electrons. The number of nitrogens with zero attached hydrogens (tertiary/aromatic N) is 3. The molecule has 4 aromatic rings. The Bertz CT molecular complexity index is 1720. The SMILES string of the molecule is CN1C(=N)N(C)C2(C1=O)C(c1c[nH]c3ccccc13)C1(N=C(N)NC1=O)C2c1c[nH]c2cc(Br)ccc12. The fourth-order valence-corrected chi connectivity index (χ4v) is 7.34. The number of guanidine groups is 2. The molecule has 11 heteroatoms. The maximum atomic E-state index is 14.3. The van der Waals surface area contributed by atoms with Crippen molar-refractivity contribution in [2.24, 2.45) is 10.7 Å². The van der Waals surface area contributed by atoms with Crippen LogP contribution in [0.4, 0.5) is 0 Å². The molecule has 4 unspecified atom stereocenters. The number of carbonyl (C=O) groups excluding carboxylic acids is 2. The summed E-state index contributed by atoms with van der Waals surface area (Å²) < 4.78 is 0.902. The Kier molecular flexibility index (Phi) is 4.18. The van der Waals surface area contributed by atoms with E-state index in [4.69, 9.17) is 16.1 Å². The van der Waals surface area contributed by atoms with Gasteiger partial charge < -0.3 is 20.6 Å². The van der Waals surface area contributed by atoms with Crippen molar-refractivity contribution in [2.45, 2.75) is 22.9 Å². The van der Waals surface area contributed by atoms with Crippen LogP contribution in [-0.2, 0) is 9.59 Å². The molecule has 2 aliphatic heterocycles. The highest BCUT2D eigenvalue weighted by Crippen LogP contribution is 2.70. The predicted molar refractivity (Wildman–Crippen MR) is 143 cm³/mol. The summed E-state index contributed by atoms with van der Waals surface area (Å²) in [4.78, 5) is 42.6. The van der Waals surface area contributed by atoms with Crippen molar-refractivity contribution in [3.8, 4) is 0 Å². The zero-order valence-corrected chi connectivity index (χ0v) is 21.6. The molecule has 37 heavy (non-hydrogen) atoms. The number of nitrogens with one attached hydrogen (secondary N) is 4. The molecule has 7 rings (SSSR count). The lowest BCUT2D eigenvalue weighted by molar-refractivity contribution is -0.153. The third-order valence-corrected chi connectivity index (χ3v) is 8.92. The lowest BCUT2D eigenvalue weighted by Crippen LogP contribution is -2.78. The van der Waals surface area contributed by atoms with E-state index < -0.39 is 22.9 Å². The highest BCUT2D eigenvalue weighted by Gasteiger charge is 2.84. The van der Waals surface area contributed by atoms with Crippen molar-refractivity contribution in [3.05, 3.63) is 70.5 Å². The number of halogens is 1. The van der Waals surface area contributed by atoms with Gasteiger partial charge in [-0.05, 0) is 29.3 Å². The fraction of sp³-hybridized carbons (Fsp3) is 0.231. The van der Waals surface area contributed by atoms with Gasteiger partial charge in [0.05, 0.1) is 11.8 Å². The van der Waals surface area contributed by atoms with E-state index in [1.165, 1.54) is 4.90 Å². The predicted octanol–water partition coefficient (Wildman–Crippen LogP) is 2.55. The third kappa shape index (κ3) is 2.40. The van der Waals surface area contributed by atoms with Crippen LogP contribution in [0.1, 0.15) is 23.0 Å². The van der Waals surface area contributed by atoms with Gasteiger partial charge in [-0.1, -0.05) is 40.2 Å². The van der Waals surface area contributed by atoms with E-state index in [1.54, 1.807) is 19.0 Å². The van der Waals surface area contributed by atoms with E-state index in [1.807, 2.05) is 54.9 Å². The zero-order chi connectivity index (χ0) is 25.9. The monoisotopic (exact) mass is 558 g/mol. The summed E-state index contributed by atoms with van der Waals surface area (Å²) in [7, 11) is 3.35. The minimum absolute atomic E-state index is 0.0220. The smallest absolute Gasteiger partial charge is 0.256 e. The van der Waals surface area contributed by atoms with E-state index in [-0.39, 0.29) is 23.7 Å². The largest absolute Gasteiger partial charge is 0.370 e. The number of nitrogens with two attached hydrogens (primary N) is 1. The van der Waals surface area contributed by atoms with Crippen molar-refractivity contribution in [1.82, 2.24) is 25.1 Å². The molecule has 6 N–H and O–H groups in total. The van der Waals surface area contributed by atoms with Crippen LogP contribution in [-0.4, -0.2) is 68.7 Å². The van der Waals surface area contributed by atoms with E-state index in [0.717, 1.165) is 37.4 Å². The van der Waals surface area contributed by atoms with Gasteiger partial charge >= 0.3 is 0 Å². The van der Waals surface area contributed by atoms with Gasteiger partial charge in [0.25, 0.3) is 11.8 Å². The molecule has 10 nitrogen and oxygen atoms in total. The average molecular weight is 559 g/mol. The normalized spacial score (nSPS) is 29.2. The van der Waals surface area contributed by atoms with Crippen LogP contribution in [0.3, 0.4) is 0 Å². The number of aliphatic imine (C=N–C) groups is 1. The molecule has 0 bridgehead atoms. The number of hydrogen-bond acceptors (Lipinski definition) is 5.